The minimum Gasteiger partial charge on any atom is -0.478 e. The molecule has 0 aromatic carbocycles. The molecule has 0 unspecified atom stereocenters. The number of carboxylic acids is 1. The van der Waals surface area contributed by atoms with Crippen LogP contribution in [-0.4, -0.2) is 37.2 Å². The fourth-order valence-corrected chi connectivity index (χ4v) is 0.918. The molecule has 0 aliphatic rings. The van der Waals surface area contributed by atoms with Crippen molar-refractivity contribution in [2.45, 2.75) is 0 Å². The molecule has 0 bridgehead atoms. The van der Waals surface area contributed by atoms with E-state index in [1.54, 1.807) is 6.07 Å². The number of aromatic carboxylic acids is 1. The van der Waals surface area contributed by atoms with Crippen molar-refractivity contribution in [3.63, 3.8) is 0 Å². The summed E-state index contributed by atoms with van der Waals surface area (Å²) in [6, 6.07) is 3.07. The lowest BCUT2D eigenvalue weighted by atomic mass is 10.2. The maximum absolute atomic E-state index is 10.6. The van der Waals surface area contributed by atoms with Crippen LogP contribution in [0.1, 0.15) is 10.4 Å². The summed E-state index contributed by atoms with van der Waals surface area (Å²) in [5.74, 6) is -0.183. The Kier molecular flexibility index (Phi) is 2.34. The maximum Gasteiger partial charge on any atom is 0.336 e. The van der Waals surface area contributed by atoms with Gasteiger partial charge in [-0.15, -0.1) is 0 Å². The first-order valence-corrected chi connectivity index (χ1v) is 3.92. The highest BCUT2D eigenvalue weighted by atomic mass is 16.4. The van der Waals surface area contributed by atoms with Crippen LogP contribution in [0.3, 0.4) is 0 Å². The van der Waals surface area contributed by atoms with E-state index in [4.69, 9.17) is 5.11 Å². The molecule has 1 rings (SSSR count). The van der Waals surface area contributed by atoms with Crippen LogP contribution < -0.4 is 4.48 Å². The molecule has 13 heavy (non-hydrogen) atoms. The van der Waals surface area contributed by atoms with Crippen molar-refractivity contribution >= 4 is 11.8 Å². The summed E-state index contributed by atoms with van der Waals surface area (Å²) in [6.07, 6.45) is 1.52. The van der Waals surface area contributed by atoms with Gasteiger partial charge in [-0.2, -0.15) is 0 Å². The van der Waals surface area contributed by atoms with E-state index in [1.807, 2.05) is 21.1 Å². The van der Waals surface area contributed by atoms with Gasteiger partial charge in [0, 0.05) is 12.3 Å². The minimum atomic E-state index is -0.919. The van der Waals surface area contributed by atoms with Crippen LogP contribution in [0, 0.1) is 0 Å². The number of quaternary nitrogens is 1. The predicted molar refractivity (Wildman–Crippen MR) is 50.8 cm³/mol. The molecule has 1 aromatic heterocycles. The molecule has 1 aromatic rings. The van der Waals surface area contributed by atoms with Gasteiger partial charge in [-0.3, -0.25) is 4.48 Å². The molecule has 0 saturated heterocycles. The van der Waals surface area contributed by atoms with Crippen molar-refractivity contribution in [2.75, 3.05) is 21.1 Å². The molecule has 0 saturated carbocycles. The number of rotatable bonds is 2. The Morgan fingerprint density at radius 3 is 2.54 bits per heavy atom. The highest BCUT2D eigenvalue weighted by Gasteiger charge is 2.15. The lowest BCUT2D eigenvalue weighted by Gasteiger charge is -2.21. The van der Waals surface area contributed by atoms with E-state index in [9.17, 15) is 4.79 Å². The van der Waals surface area contributed by atoms with E-state index in [2.05, 4.69) is 4.98 Å². The molecular formula is C9H13N2O2+. The monoisotopic (exact) mass is 181 g/mol. The number of pyridine rings is 1. The molecule has 0 amide bonds. The van der Waals surface area contributed by atoms with Gasteiger partial charge in [0.15, 0.2) is 0 Å². The highest BCUT2D eigenvalue weighted by molar-refractivity contribution is 5.88. The van der Waals surface area contributed by atoms with Crippen LogP contribution in [0.5, 0.6) is 0 Å². The molecule has 0 aliphatic heterocycles. The molecule has 4 heteroatoms. The molecule has 0 radical (unpaired) electrons. The van der Waals surface area contributed by atoms with E-state index < -0.39 is 5.97 Å². The Labute approximate surface area is 77.0 Å². The second-order valence-electron chi connectivity index (χ2n) is 3.72. The van der Waals surface area contributed by atoms with E-state index in [0.717, 1.165) is 5.82 Å². The van der Waals surface area contributed by atoms with Crippen LogP contribution in [-0.2, 0) is 0 Å². The molecular weight excluding hydrogens is 168 g/mol. The summed E-state index contributed by atoms with van der Waals surface area (Å²) in [5.41, 5.74) is 0.276. The standard InChI is InChI=1S/C9H12N2O2/c1-11(2,3)8-6-7(9(12)13)4-5-10-8/h4-6H,1-3H3/p+1. The molecule has 70 valence electrons. The van der Waals surface area contributed by atoms with Gasteiger partial charge < -0.3 is 5.11 Å². The van der Waals surface area contributed by atoms with Crippen molar-refractivity contribution in [2.24, 2.45) is 0 Å². The predicted octanol–water partition coefficient (Wildman–Crippen LogP) is 0.977. The van der Waals surface area contributed by atoms with Crippen molar-refractivity contribution in [3.05, 3.63) is 23.9 Å². The zero-order valence-corrected chi connectivity index (χ0v) is 7.98. The minimum absolute atomic E-state index is 0.276. The Hall–Kier alpha value is -1.42. The normalized spacial score (nSPS) is 11.3. The Morgan fingerprint density at radius 2 is 2.08 bits per heavy atom. The van der Waals surface area contributed by atoms with Crippen molar-refractivity contribution < 1.29 is 9.90 Å². The largest absolute Gasteiger partial charge is 0.478 e. The topological polar surface area (TPSA) is 50.2 Å². The molecule has 0 aliphatic carbocycles. The highest BCUT2D eigenvalue weighted by Crippen LogP contribution is 2.14. The van der Waals surface area contributed by atoms with Crippen LogP contribution in [0.2, 0.25) is 0 Å². The number of hydrogen-bond donors (Lipinski definition) is 1. The average Bonchev–Trinajstić information content (AvgIpc) is 2.03. The van der Waals surface area contributed by atoms with Gasteiger partial charge in [0.2, 0.25) is 5.82 Å². The van der Waals surface area contributed by atoms with Crippen molar-refractivity contribution in [3.8, 4) is 0 Å². The molecule has 4 nitrogen and oxygen atoms in total. The van der Waals surface area contributed by atoms with Crippen molar-refractivity contribution in [1.29, 1.82) is 0 Å². The van der Waals surface area contributed by atoms with Crippen LogP contribution in [0.15, 0.2) is 18.3 Å². The third-order valence-electron chi connectivity index (χ3n) is 1.68. The first-order chi connectivity index (χ1) is 5.91. The Balaban J connectivity index is 3.13. The van der Waals surface area contributed by atoms with E-state index in [0.29, 0.717) is 4.48 Å². The Bertz CT molecular complexity index is 329. The third-order valence-corrected chi connectivity index (χ3v) is 1.68. The third kappa shape index (κ3) is 2.26. The average molecular weight is 181 g/mol. The number of aromatic nitrogens is 1. The summed E-state index contributed by atoms with van der Waals surface area (Å²) in [4.78, 5) is 14.7. The fourth-order valence-electron chi connectivity index (χ4n) is 0.918. The van der Waals surface area contributed by atoms with Crippen LogP contribution >= 0.6 is 0 Å². The molecule has 0 spiro atoms. The zero-order valence-electron chi connectivity index (χ0n) is 7.98. The quantitative estimate of drug-likeness (QED) is 0.692. The second kappa shape index (κ2) is 3.14. The van der Waals surface area contributed by atoms with E-state index >= 15 is 0 Å². The summed E-state index contributed by atoms with van der Waals surface area (Å²) < 4.78 is 0.515. The van der Waals surface area contributed by atoms with Crippen LogP contribution in [0.25, 0.3) is 0 Å². The molecule has 1 N–H and O–H groups in total. The smallest absolute Gasteiger partial charge is 0.336 e. The van der Waals surface area contributed by atoms with Gasteiger partial charge in [0.25, 0.3) is 0 Å². The lowest BCUT2D eigenvalue weighted by molar-refractivity contribution is 0.0696. The SMILES string of the molecule is C[N+](C)(C)c1cc(C(=O)O)ccn1. The van der Waals surface area contributed by atoms with Crippen LogP contribution in [0.4, 0.5) is 5.82 Å². The number of nitrogens with zero attached hydrogens (tertiary/aromatic N) is 2. The Morgan fingerprint density at radius 1 is 1.46 bits per heavy atom. The van der Waals surface area contributed by atoms with Gasteiger partial charge in [-0.25, -0.2) is 9.78 Å². The van der Waals surface area contributed by atoms with E-state index in [1.165, 1.54) is 12.3 Å². The number of hydrogen-bond acceptors (Lipinski definition) is 2. The number of carbonyl (C=O) groups is 1. The summed E-state index contributed by atoms with van der Waals surface area (Å²) in [6.45, 7) is 0. The molecule has 0 atom stereocenters. The molecule has 0 fully saturated rings. The van der Waals surface area contributed by atoms with Gasteiger partial charge in [0.05, 0.1) is 26.7 Å². The van der Waals surface area contributed by atoms with Gasteiger partial charge >= 0.3 is 5.97 Å². The summed E-state index contributed by atoms with van der Waals surface area (Å²) >= 11 is 0. The maximum atomic E-state index is 10.6. The first kappa shape index (κ1) is 9.67. The summed E-state index contributed by atoms with van der Waals surface area (Å²) in [5, 5.41) is 8.74. The number of carboxylic acid groups (broad SMARTS) is 1. The lowest BCUT2D eigenvalue weighted by Crippen LogP contribution is -2.35. The van der Waals surface area contributed by atoms with Gasteiger partial charge in [-0.05, 0) is 6.07 Å². The zero-order chi connectivity index (χ0) is 10.1. The van der Waals surface area contributed by atoms with E-state index in [-0.39, 0.29) is 5.56 Å². The summed E-state index contributed by atoms with van der Waals surface area (Å²) in [7, 11) is 5.82. The van der Waals surface area contributed by atoms with Gasteiger partial charge in [0.1, 0.15) is 0 Å². The first-order valence-electron chi connectivity index (χ1n) is 3.92. The van der Waals surface area contributed by atoms with Gasteiger partial charge in [-0.1, -0.05) is 0 Å². The fraction of sp³-hybridized carbons (Fsp3) is 0.333. The molecule has 1 heterocycles. The second-order valence-corrected chi connectivity index (χ2v) is 3.72. The van der Waals surface area contributed by atoms with Crippen molar-refractivity contribution in [1.82, 2.24) is 9.47 Å².